The van der Waals surface area contributed by atoms with Crippen molar-refractivity contribution in [2.24, 2.45) is 0 Å². The Kier molecular flexibility index (Phi) is 6.99. The first-order valence-corrected chi connectivity index (χ1v) is 10.6. The number of aliphatic carboxylic acids is 1. The van der Waals surface area contributed by atoms with Crippen molar-refractivity contribution in [2.45, 2.75) is 32.5 Å². The Labute approximate surface area is 117 Å². The smallest absolute Gasteiger partial charge is 0.304 e. The number of carbonyl (C=O) groups is 1. The predicted molar refractivity (Wildman–Crippen MR) is 79.0 cm³/mol. The zero-order chi connectivity index (χ0) is 14.3. The molecule has 0 aromatic heterocycles. The molecule has 0 unspecified atom stereocenters. The molecule has 19 heavy (non-hydrogen) atoms. The summed E-state index contributed by atoms with van der Waals surface area (Å²) in [5.41, 5.74) is 0. The minimum absolute atomic E-state index is 0.252. The minimum Gasteiger partial charge on any atom is -0.481 e. The highest BCUT2D eigenvalue weighted by atomic mass is 28.3. The summed E-state index contributed by atoms with van der Waals surface area (Å²) in [6.45, 7) is 13.4. The van der Waals surface area contributed by atoms with E-state index < -0.39 is 14.2 Å². The summed E-state index contributed by atoms with van der Waals surface area (Å²) in [7, 11) is -1.41. The number of rotatable bonds is 8. The molecule has 0 aliphatic carbocycles. The number of morpholine rings is 1. The Morgan fingerprint density at radius 2 is 1.89 bits per heavy atom. The highest BCUT2D eigenvalue weighted by molar-refractivity contribution is 6.73. The van der Waals surface area contributed by atoms with Gasteiger partial charge in [0.1, 0.15) is 8.24 Å². The van der Waals surface area contributed by atoms with E-state index in [1.54, 1.807) is 0 Å². The lowest BCUT2D eigenvalue weighted by Gasteiger charge is -2.35. The lowest BCUT2D eigenvalue weighted by molar-refractivity contribution is -0.137. The van der Waals surface area contributed by atoms with Gasteiger partial charge >= 0.3 is 5.97 Å². The maximum absolute atomic E-state index is 10.7. The first-order valence-electron chi connectivity index (χ1n) is 7.16. The molecule has 1 saturated heterocycles. The van der Waals surface area contributed by atoms with Gasteiger partial charge in [0.25, 0.3) is 0 Å². The van der Waals surface area contributed by atoms with E-state index in [1.807, 2.05) is 0 Å². The van der Waals surface area contributed by atoms with Crippen LogP contribution >= 0.6 is 0 Å². The topological polar surface area (TPSA) is 53.0 Å². The van der Waals surface area contributed by atoms with E-state index in [4.69, 9.17) is 9.84 Å². The van der Waals surface area contributed by atoms with E-state index in [-0.39, 0.29) is 6.42 Å². The first-order chi connectivity index (χ1) is 8.89. The molecular weight excluding hydrogens is 260 g/mol. The van der Waals surface area contributed by atoms with E-state index in [0.717, 1.165) is 45.8 Å². The zero-order valence-electron chi connectivity index (χ0n) is 12.5. The number of ether oxygens (including phenoxy) is 1. The van der Waals surface area contributed by atoms with Crippen LogP contribution in [0.3, 0.4) is 0 Å². The van der Waals surface area contributed by atoms with Crippen LogP contribution in [0.25, 0.3) is 0 Å². The summed E-state index contributed by atoms with van der Waals surface area (Å²) >= 11 is 0. The van der Waals surface area contributed by atoms with Crippen LogP contribution in [0.15, 0.2) is 0 Å². The van der Waals surface area contributed by atoms with Crippen molar-refractivity contribution in [3.63, 3.8) is 0 Å². The molecule has 6 heteroatoms. The summed E-state index contributed by atoms with van der Waals surface area (Å²) in [5.74, 6) is -0.698. The molecular formula is C13H28N2O3Si. The molecule has 0 bridgehead atoms. The molecule has 0 radical (unpaired) electrons. The fourth-order valence-corrected chi connectivity index (χ4v) is 3.93. The molecule has 0 saturated carbocycles. The van der Waals surface area contributed by atoms with Crippen LogP contribution in [0, 0.1) is 0 Å². The molecule has 0 aromatic rings. The Morgan fingerprint density at radius 1 is 1.26 bits per heavy atom. The standard InChI is InChI=1S/C13H28N2O3Si/c1-19(2,3)15(8-5-13(16)17)7-4-6-14-9-11-18-12-10-14/h4-12H2,1-3H3,(H,16,17). The molecule has 112 valence electrons. The van der Waals surface area contributed by atoms with Gasteiger partial charge < -0.3 is 14.4 Å². The van der Waals surface area contributed by atoms with Crippen molar-refractivity contribution in [1.29, 1.82) is 0 Å². The van der Waals surface area contributed by atoms with Gasteiger partial charge in [0.15, 0.2) is 0 Å². The summed E-state index contributed by atoms with van der Waals surface area (Å²) in [6, 6.07) is 0. The number of hydrogen-bond acceptors (Lipinski definition) is 4. The highest BCUT2D eigenvalue weighted by Crippen LogP contribution is 2.11. The summed E-state index contributed by atoms with van der Waals surface area (Å²) < 4.78 is 7.74. The van der Waals surface area contributed by atoms with Gasteiger partial charge in [0, 0.05) is 19.6 Å². The molecule has 0 aromatic carbocycles. The fourth-order valence-electron chi connectivity index (χ4n) is 2.32. The number of nitrogens with zero attached hydrogens (tertiary/aromatic N) is 2. The van der Waals surface area contributed by atoms with Gasteiger partial charge in [0.05, 0.1) is 19.6 Å². The van der Waals surface area contributed by atoms with Crippen LogP contribution in [0.5, 0.6) is 0 Å². The van der Waals surface area contributed by atoms with Crippen LogP contribution in [0.4, 0.5) is 0 Å². The van der Waals surface area contributed by atoms with Crippen LogP contribution < -0.4 is 0 Å². The van der Waals surface area contributed by atoms with Crippen molar-refractivity contribution >= 4 is 14.2 Å². The van der Waals surface area contributed by atoms with Gasteiger partial charge in [-0.1, -0.05) is 19.6 Å². The minimum atomic E-state index is -1.41. The van der Waals surface area contributed by atoms with E-state index in [9.17, 15) is 4.79 Å². The molecule has 1 N–H and O–H groups in total. The van der Waals surface area contributed by atoms with Crippen molar-refractivity contribution < 1.29 is 14.6 Å². The third-order valence-corrected chi connectivity index (χ3v) is 5.89. The second-order valence-electron chi connectivity index (χ2n) is 6.11. The van der Waals surface area contributed by atoms with Gasteiger partial charge in [-0.15, -0.1) is 0 Å². The molecule has 1 heterocycles. The Balaban J connectivity index is 2.29. The fraction of sp³-hybridized carbons (Fsp3) is 0.923. The van der Waals surface area contributed by atoms with Gasteiger partial charge in [-0.05, 0) is 19.5 Å². The molecule has 0 atom stereocenters. The van der Waals surface area contributed by atoms with Crippen LogP contribution in [-0.4, -0.2) is 74.7 Å². The second-order valence-corrected chi connectivity index (χ2v) is 11.1. The second kappa shape index (κ2) is 7.99. The zero-order valence-corrected chi connectivity index (χ0v) is 13.5. The third-order valence-electron chi connectivity index (χ3n) is 3.55. The monoisotopic (exact) mass is 288 g/mol. The molecule has 1 rings (SSSR count). The van der Waals surface area contributed by atoms with Gasteiger partial charge in [-0.3, -0.25) is 9.69 Å². The normalized spacial score (nSPS) is 17.9. The van der Waals surface area contributed by atoms with Crippen LogP contribution in [0.1, 0.15) is 12.8 Å². The largest absolute Gasteiger partial charge is 0.481 e. The predicted octanol–water partition coefficient (Wildman–Crippen LogP) is 1.32. The van der Waals surface area contributed by atoms with E-state index in [2.05, 4.69) is 29.1 Å². The van der Waals surface area contributed by atoms with Crippen molar-refractivity contribution in [2.75, 3.05) is 45.9 Å². The highest BCUT2D eigenvalue weighted by Gasteiger charge is 2.24. The summed E-state index contributed by atoms with van der Waals surface area (Å²) in [5, 5.41) is 8.82. The average molecular weight is 288 g/mol. The molecule has 1 aliphatic rings. The Morgan fingerprint density at radius 3 is 2.42 bits per heavy atom. The number of hydrogen-bond donors (Lipinski definition) is 1. The number of carboxylic acids is 1. The SMILES string of the molecule is C[Si](C)(C)N(CCCN1CCOCC1)CCC(=O)O. The maximum Gasteiger partial charge on any atom is 0.304 e. The van der Waals surface area contributed by atoms with Crippen molar-refractivity contribution in [3.8, 4) is 0 Å². The van der Waals surface area contributed by atoms with E-state index in [1.165, 1.54) is 0 Å². The summed E-state index contributed by atoms with van der Waals surface area (Å²) in [6.07, 6.45) is 1.37. The third kappa shape index (κ3) is 7.05. The van der Waals surface area contributed by atoms with Crippen LogP contribution in [0.2, 0.25) is 19.6 Å². The first kappa shape index (κ1) is 16.6. The molecule has 1 aliphatic heterocycles. The number of carboxylic acid groups (broad SMARTS) is 1. The lowest BCUT2D eigenvalue weighted by atomic mass is 10.3. The Hall–Kier alpha value is -0.433. The maximum atomic E-state index is 10.7. The van der Waals surface area contributed by atoms with Gasteiger partial charge in [-0.2, -0.15) is 0 Å². The van der Waals surface area contributed by atoms with Crippen molar-refractivity contribution in [1.82, 2.24) is 9.47 Å². The molecule has 5 nitrogen and oxygen atoms in total. The molecule has 0 spiro atoms. The van der Waals surface area contributed by atoms with Gasteiger partial charge in [-0.25, -0.2) is 0 Å². The molecule has 1 fully saturated rings. The quantitative estimate of drug-likeness (QED) is 0.683. The summed E-state index contributed by atoms with van der Waals surface area (Å²) in [4.78, 5) is 13.2. The Bertz CT molecular complexity index is 276. The van der Waals surface area contributed by atoms with Crippen molar-refractivity contribution in [3.05, 3.63) is 0 Å². The average Bonchev–Trinajstić information content (AvgIpc) is 2.33. The molecule has 0 amide bonds. The van der Waals surface area contributed by atoms with E-state index >= 15 is 0 Å². The van der Waals surface area contributed by atoms with E-state index in [0.29, 0.717) is 6.54 Å². The van der Waals surface area contributed by atoms with Crippen LogP contribution in [-0.2, 0) is 9.53 Å². The van der Waals surface area contributed by atoms with Gasteiger partial charge in [0.2, 0.25) is 0 Å². The lowest BCUT2D eigenvalue weighted by Crippen LogP contribution is -2.48.